The van der Waals surface area contributed by atoms with E-state index in [4.69, 9.17) is 4.74 Å². The number of anilines is 1. The van der Waals surface area contributed by atoms with Crippen molar-refractivity contribution < 1.29 is 23.0 Å². The highest BCUT2D eigenvalue weighted by Gasteiger charge is 2.13. The SMILES string of the molecule is O=C(Nc1cc(Br)ccc1OC(F)F)OCc1ccccc1. The maximum absolute atomic E-state index is 12.3. The van der Waals surface area contributed by atoms with Crippen LogP contribution in [0.3, 0.4) is 0 Å². The highest BCUT2D eigenvalue weighted by molar-refractivity contribution is 9.10. The molecular weight excluding hydrogens is 360 g/mol. The zero-order chi connectivity index (χ0) is 15.9. The van der Waals surface area contributed by atoms with Gasteiger partial charge in [-0.2, -0.15) is 8.78 Å². The number of rotatable bonds is 5. The van der Waals surface area contributed by atoms with Crippen molar-refractivity contribution in [1.82, 2.24) is 0 Å². The number of halogens is 3. The van der Waals surface area contributed by atoms with Gasteiger partial charge < -0.3 is 9.47 Å². The third kappa shape index (κ3) is 5.00. The minimum atomic E-state index is -2.98. The fraction of sp³-hybridized carbons (Fsp3) is 0.133. The maximum atomic E-state index is 12.3. The number of ether oxygens (including phenoxy) is 2. The number of benzene rings is 2. The minimum Gasteiger partial charge on any atom is -0.444 e. The molecule has 22 heavy (non-hydrogen) atoms. The normalized spacial score (nSPS) is 10.4. The predicted octanol–water partition coefficient (Wildman–Crippen LogP) is 4.80. The summed E-state index contributed by atoms with van der Waals surface area (Å²) in [6.45, 7) is -2.91. The minimum absolute atomic E-state index is 0.0751. The van der Waals surface area contributed by atoms with Gasteiger partial charge in [-0.15, -0.1) is 0 Å². The molecule has 0 unspecified atom stereocenters. The first-order chi connectivity index (χ1) is 10.5. The van der Waals surface area contributed by atoms with E-state index in [0.29, 0.717) is 4.47 Å². The van der Waals surface area contributed by atoms with Gasteiger partial charge in [-0.25, -0.2) is 4.79 Å². The molecule has 0 saturated carbocycles. The van der Waals surface area contributed by atoms with Gasteiger partial charge >= 0.3 is 12.7 Å². The molecule has 2 aromatic rings. The highest BCUT2D eigenvalue weighted by Crippen LogP contribution is 2.29. The average Bonchev–Trinajstić information content (AvgIpc) is 2.49. The molecule has 1 N–H and O–H groups in total. The van der Waals surface area contributed by atoms with Gasteiger partial charge in [0, 0.05) is 4.47 Å². The van der Waals surface area contributed by atoms with E-state index in [1.54, 1.807) is 12.1 Å². The first kappa shape index (κ1) is 16.2. The molecule has 0 aliphatic rings. The zero-order valence-electron chi connectivity index (χ0n) is 11.3. The first-order valence-electron chi connectivity index (χ1n) is 6.26. The molecule has 0 fully saturated rings. The summed E-state index contributed by atoms with van der Waals surface area (Å²) in [5.41, 5.74) is 0.906. The number of amides is 1. The summed E-state index contributed by atoms with van der Waals surface area (Å²) in [5.74, 6) is -0.144. The van der Waals surface area contributed by atoms with Gasteiger partial charge in [-0.3, -0.25) is 5.32 Å². The fourth-order valence-electron chi connectivity index (χ4n) is 1.67. The van der Waals surface area contributed by atoms with E-state index in [1.165, 1.54) is 18.2 Å². The number of hydrogen-bond acceptors (Lipinski definition) is 3. The monoisotopic (exact) mass is 371 g/mol. The largest absolute Gasteiger partial charge is 0.444 e. The standard InChI is InChI=1S/C15H12BrF2NO3/c16-11-6-7-13(22-14(17)18)12(8-11)19-15(20)21-9-10-4-2-1-3-5-10/h1-8,14H,9H2,(H,19,20). The van der Waals surface area contributed by atoms with Crippen LogP contribution in [-0.4, -0.2) is 12.7 Å². The Hall–Kier alpha value is -2.15. The van der Waals surface area contributed by atoms with Crippen LogP contribution in [-0.2, 0) is 11.3 Å². The van der Waals surface area contributed by atoms with Crippen LogP contribution in [0.2, 0.25) is 0 Å². The molecule has 2 aromatic carbocycles. The Balaban J connectivity index is 2.00. The van der Waals surface area contributed by atoms with Crippen LogP contribution >= 0.6 is 15.9 Å². The Kier molecular flexibility index (Phi) is 5.71. The van der Waals surface area contributed by atoms with Gasteiger partial charge in [-0.05, 0) is 23.8 Å². The lowest BCUT2D eigenvalue weighted by molar-refractivity contribution is -0.0493. The topological polar surface area (TPSA) is 47.6 Å². The van der Waals surface area contributed by atoms with Crippen LogP contribution in [0.4, 0.5) is 19.3 Å². The summed E-state index contributed by atoms with van der Waals surface area (Å²) < 4.78 is 34.6. The number of hydrogen-bond donors (Lipinski definition) is 1. The van der Waals surface area contributed by atoms with E-state index in [2.05, 4.69) is 26.0 Å². The molecule has 0 atom stereocenters. The summed E-state index contributed by atoms with van der Waals surface area (Å²) in [5, 5.41) is 2.38. The molecule has 2 rings (SSSR count). The summed E-state index contributed by atoms with van der Waals surface area (Å²) in [6.07, 6.45) is -0.763. The van der Waals surface area contributed by atoms with Crippen molar-refractivity contribution in [2.75, 3.05) is 5.32 Å². The number of nitrogens with one attached hydrogen (secondary N) is 1. The average molecular weight is 372 g/mol. The highest BCUT2D eigenvalue weighted by atomic mass is 79.9. The molecule has 0 saturated heterocycles. The summed E-state index contributed by atoms with van der Waals surface area (Å²) in [7, 11) is 0. The maximum Gasteiger partial charge on any atom is 0.412 e. The second-order valence-electron chi connectivity index (χ2n) is 4.21. The van der Waals surface area contributed by atoms with Crippen molar-refractivity contribution in [3.05, 3.63) is 58.6 Å². The van der Waals surface area contributed by atoms with E-state index in [0.717, 1.165) is 5.56 Å². The summed E-state index contributed by atoms with van der Waals surface area (Å²) >= 11 is 3.19. The van der Waals surface area contributed by atoms with E-state index < -0.39 is 12.7 Å². The Morgan fingerprint density at radius 3 is 2.59 bits per heavy atom. The van der Waals surface area contributed by atoms with E-state index >= 15 is 0 Å². The lowest BCUT2D eigenvalue weighted by Crippen LogP contribution is -2.15. The molecule has 0 heterocycles. The van der Waals surface area contributed by atoms with Gasteiger partial charge in [0.15, 0.2) is 0 Å². The molecule has 0 radical (unpaired) electrons. The fourth-order valence-corrected chi connectivity index (χ4v) is 2.03. The van der Waals surface area contributed by atoms with Crippen LogP contribution in [0.25, 0.3) is 0 Å². The number of carbonyl (C=O) groups excluding carboxylic acids is 1. The first-order valence-corrected chi connectivity index (χ1v) is 7.06. The van der Waals surface area contributed by atoms with Crippen molar-refractivity contribution in [1.29, 1.82) is 0 Å². The lowest BCUT2D eigenvalue weighted by Gasteiger charge is -2.12. The van der Waals surface area contributed by atoms with Crippen molar-refractivity contribution in [3.8, 4) is 5.75 Å². The molecule has 0 bridgehead atoms. The molecule has 1 amide bonds. The third-order valence-corrected chi connectivity index (χ3v) is 3.10. The lowest BCUT2D eigenvalue weighted by atomic mass is 10.2. The van der Waals surface area contributed by atoms with Crippen molar-refractivity contribution >= 4 is 27.7 Å². The van der Waals surface area contributed by atoms with Crippen molar-refractivity contribution in [2.45, 2.75) is 13.2 Å². The molecule has 116 valence electrons. The number of carbonyl (C=O) groups is 1. The predicted molar refractivity (Wildman–Crippen MR) is 81.0 cm³/mol. The van der Waals surface area contributed by atoms with Gasteiger partial charge in [0.1, 0.15) is 12.4 Å². The van der Waals surface area contributed by atoms with E-state index in [-0.39, 0.29) is 18.0 Å². The molecule has 0 aromatic heterocycles. The van der Waals surface area contributed by atoms with Crippen LogP contribution in [0, 0.1) is 0 Å². The van der Waals surface area contributed by atoms with Crippen LogP contribution in [0.5, 0.6) is 5.75 Å². The summed E-state index contributed by atoms with van der Waals surface area (Å²) in [6, 6.07) is 13.4. The Labute approximate surface area is 134 Å². The van der Waals surface area contributed by atoms with Crippen molar-refractivity contribution in [2.24, 2.45) is 0 Å². The van der Waals surface area contributed by atoms with Gasteiger partial charge in [0.25, 0.3) is 0 Å². The molecule has 7 heteroatoms. The van der Waals surface area contributed by atoms with E-state index in [1.807, 2.05) is 18.2 Å². The molecule has 0 spiro atoms. The van der Waals surface area contributed by atoms with Crippen molar-refractivity contribution in [3.63, 3.8) is 0 Å². The van der Waals surface area contributed by atoms with Gasteiger partial charge in [-0.1, -0.05) is 46.3 Å². The van der Waals surface area contributed by atoms with Gasteiger partial charge in [0.2, 0.25) is 0 Å². The third-order valence-electron chi connectivity index (χ3n) is 2.61. The zero-order valence-corrected chi connectivity index (χ0v) is 12.8. The molecule has 0 aliphatic heterocycles. The molecule has 0 aliphatic carbocycles. The smallest absolute Gasteiger partial charge is 0.412 e. The second kappa shape index (κ2) is 7.74. The van der Waals surface area contributed by atoms with Crippen LogP contribution in [0.15, 0.2) is 53.0 Å². The Bertz CT molecular complexity index is 638. The summed E-state index contributed by atoms with van der Waals surface area (Å²) in [4.78, 5) is 11.7. The Morgan fingerprint density at radius 2 is 1.91 bits per heavy atom. The number of alkyl halides is 2. The molecule has 4 nitrogen and oxygen atoms in total. The quantitative estimate of drug-likeness (QED) is 0.820. The Morgan fingerprint density at radius 1 is 1.18 bits per heavy atom. The molecular formula is C15H12BrF2NO3. The van der Waals surface area contributed by atoms with Gasteiger partial charge in [0.05, 0.1) is 5.69 Å². The van der Waals surface area contributed by atoms with Crippen LogP contribution in [0.1, 0.15) is 5.56 Å². The van der Waals surface area contributed by atoms with E-state index in [9.17, 15) is 13.6 Å². The van der Waals surface area contributed by atoms with Crippen LogP contribution < -0.4 is 10.1 Å². The second-order valence-corrected chi connectivity index (χ2v) is 5.12.